The van der Waals surface area contributed by atoms with Gasteiger partial charge in [-0.3, -0.25) is 9.69 Å². The number of piperazine rings is 1. The van der Waals surface area contributed by atoms with Crippen LogP contribution in [-0.4, -0.2) is 62.1 Å². The summed E-state index contributed by atoms with van der Waals surface area (Å²) in [6.07, 6.45) is 0. The minimum Gasteiger partial charge on any atom is -0.340 e. The number of rotatable bonds is 4. The highest BCUT2D eigenvalue weighted by Crippen LogP contribution is 2.18. The van der Waals surface area contributed by atoms with Gasteiger partial charge in [-0.15, -0.1) is 0 Å². The lowest BCUT2D eigenvalue weighted by Crippen LogP contribution is -2.52. The van der Waals surface area contributed by atoms with Crippen molar-refractivity contribution >= 4 is 31.7 Å². The van der Waals surface area contributed by atoms with E-state index in [0.717, 1.165) is 17.6 Å². The van der Waals surface area contributed by atoms with E-state index in [1.165, 1.54) is 0 Å². The van der Waals surface area contributed by atoms with Gasteiger partial charge in [0.25, 0.3) is 0 Å². The van der Waals surface area contributed by atoms with E-state index in [1.54, 1.807) is 36.1 Å². The number of carbonyl (C=O) groups excluding carboxylic acids is 1. The number of hydrogen-bond donors (Lipinski definition) is 0. The Kier molecular flexibility index (Phi) is 5.63. The third-order valence-electron chi connectivity index (χ3n) is 4.02. The number of sulfone groups is 1. The summed E-state index contributed by atoms with van der Waals surface area (Å²) in [6, 6.07) is 6.66. The Morgan fingerprint density at radius 3 is 2.23 bits per heavy atom. The first kappa shape index (κ1) is 17.4. The molecule has 0 saturated carbocycles. The van der Waals surface area contributed by atoms with Gasteiger partial charge in [0.05, 0.1) is 10.6 Å². The minimum atomic E-state index is -3.30. The monoisotopic (exact) mass is 388 g/mol. The van der Waals surface area contributed by atoms with E-state index < -0.39 is 9.84 Å². The highest BCUT2D eigenvalue weighted by molar-refractivity contribution is 9.10. The van der Waals surface area contributed by atoms with E-state index in [2.05, 4.69) is 20.8 Å². The van der Waals surface area contributed by atoms with Crippen LogP contribution < -0.4 is 0 Å². The second-order valence-electron chi connectivity index (χ2n) is 5.63. The first-order valence-electron chi connectivity index (χ1n) is 7.27. The number of carbonyl (C=O) groups is 1. The van der Waals surface area contributed by atoms with Crippen molar-refractivity contribution in [1.29, 1.82) is 0 Å². The van der Waals surface area contributed by atoms with Crippen LogP contribution in [0.5, 0.6) is 0 Å². The number of halogens is 1. The van der Waals surface area contributed by atoms with Crippen molar-refractivity contribution < 1.29 is 13.2 Å². The van der Waals surface area contributed by atoms with Crippen LogP contribution in [0.1, 0.15) is 13.8 Å². The summed E-state index contributed by atoms with van der Waals surface area (Å²) < 4.78 is 25.8. The summed E-state index contributed by atoms with van der Waals surface area (Å²) >= 11 is 3.31. The molecule has 1 aliphatic rings. The van der Waals surface area contributed by atoms with Gasteiger partial charge in [0.15, 0.2) is 9.84 Å². The summed E-state index contributed by atoms with van der Waals surface area (Å²) in [7, 11) is -3.30. The maximum atomic E-state index is 12.5. The third-order valence-corrected chi connectivity index (χ3v) is 6.46. The van der Waals surface area contributed by atoms with Crippen molar-refractivity contribution in [1.82, 2.24) is 9.80 Å². The second kappa shape index (κ2) is 7.10. The largest absolute Gasteiger partial charge is 0.340 e. The zero-order valence-electron chi connectivity index (χ0n) is 12.8. The Hall–Kier alpha value is -0.920. The van der Waals surface area contributed by atoms with E-state index in [1.807, 2.05) is 6.92 Å². The third kappa shape index (κ3) is 4.30. The Labute approximate surface area is 140 Å². The molecule has 1 aromatic rings. The minimum absolute atomic E-state index is 0.0669. The van der Waals surface area contributed by atoms with Gasteiger partial charge in [0, 0.05) is 43.6 Å². The fraction of sp³-hybridized carbons (Fsp3) is 0.533. The molecule has 1 aliphatic heterocycles. The van der Waals surface area contributed by atoms with Crippen LogP contribution in [0.2, 0.25) is 0 Å². The summed E-state index contributed by atoms with van der Waals surface area (Å²) in [5, 5.41) is 0. The maximum Gasteiger partial charge on any atom is 0.219 e. The van der Waals surface area contributed by atoms with Gasteiger partial charge >= 0.3 is 0 Å². The van der Waals surface area contributed by atoms with Crippen LogP contribution in [0.4, 0.5) is 0 Å². The van der Waals surface area contributed by atoms with E-state index in [4.69, 9.17) is 0 Å². The molecule has 2 rings (SSSR count). The standard InChI is InChI=1S/C15H21BrN2O3S/c1-12(17-7-9-18(10-8-17)13(2)19)11-22(20,21)15-5-3-14(16)4-6-15/h3-6,12H,7-11H2,1-2H3. The molecule has 1 saturated heterocycles. The lowest BCUT2D eigenvalue weighted by atomic mass is 10.2. The van der Waals surface area contributed by atoms with Gasteiger partial charge in [0.2, 0.25) is 5.91 Å². The van der Waals surface area contributed by atoms with Crippen molar-refractivity contribution in [2.75, 3.05) is 31.9 Å². The number of nitrogens with zero attached hydrogens (tertiary/aromatic N) is 2. The van der Waals surface area contributed by atoms with Crippen LogP contribution in [0, 0.1) is 0 Å². The van der Waals surface area contributed by atoms with Crippen molar-refractivity contribution in [3.05, 3.63) is 28.7 Å². The quantitative estimate of drug-likeness (QED) is 0.788. The molecule has 0 aliphatic carbocycles. The van der Waals surface area contributed by atoms with E-state index in [9.17, 15) is 13.2 Å². The second-order valence-corrected chi connectivity index (χ2v) is 8.58. The summed E-state index contributed by atoms with van der Waals surface area (Å²) in [4.78, 5) is 15.6. The summed E-state index contributed by atoms with van der Waals surface area (Å²) in [5.41, 5.74) is 0. The average Bonchev–Trinajstić information content (AvgIpc) is 2.47. The molecular weight excluding hydrogens is 368 g/mol. The molecule has 0 bridgehead atoms. The van der Waals surface area contributed by atoms with Gasteiger partial charge in [-0.25, -0.2) is 8.42 Å². The molecule has 1 heterocycles. The Morgan fingerprint density at radius 1 is 1.18 bits per heavy atom. The van der Waals surface area contributed by atoms with Crippen LogP contribution >= 0.6 is 15.9 Å². The smallest absolute Gasteiger partial charge is 0.219 e. The van der Waals surface area contributed by atoms with Gasteiger partial charge < -0.3 is 4.90 Å². The molecule has 1 aromatic carbocycles. The molecule has 1 atom stereocenters. The summed E-state index contributed by atoms with van der Waals surface area (Å²) in [5.74, 6) is 0.170. The molecule has 0 aromatic heterocycles. The molecular formula is C15H21BrN2O3S. The van der Waals surface area contributed by atoms with Crippen molar-refractivity contribution in [3.8, 4) is 0 Å². The van der Waals surface area contributed by atoms with Crippen molar-refractivity contribution in [3.63, 3.8) is 0 Å². The highest BCUT2D eigenvalue weighted by Gasteiger charge is 2.26. The maximum absolute atomic E-state index is 12.5. The van der Waals surface area contributed by atoms with Gasteiger partial charge in [-0.05, 0) is 31.2 Å². The van der Waals surface area contributed by atoms with Crippen LogP contribution in [0.25, 0.3) is 0 Å². The molecule has 0 radical (unpaired) electrons. The SMILES string of the molecule is CC(=O)N1CCN(C(C)CS(=O)(=O)c2ccc(Br)cc2)CC1. The van der Waals surface area contributed by atoms with Gasteiger partial charge in [-0.1, -0.05) is 15.9 Å². The van der Waals surface area contributed by atoms with E-state index in [-0.39, 0.29) is 17.7 Å². The predicted molar refractivity (Wildman–Crippen MR) is 89.5 cm³/mol. The Morgan fingerprint density at radius 2 is 1.73 bits per heavy atom. The summed E-state index contributed by atoms with van der Waals surface area (Å²) in [6.45, 7) is 6.26. The van der Waals surface area contributed by atoms with E-state index >= 15 is 0 Å². The highest BCUT2D eigenvalue weighted by atomic mass is 79.9. The number of amides is 1. The molecule has 0 N–H and O–H groups in total. The molecule has 122 valence electrons. The van der Waals surface area contributed by atoms with Gasteiger partial charge in [-0.2, -0.15) is 0 Å². The zero-order chi connectivity index (χ0) is 16.3. The first-order chi connectivity index (χ1) is 10.3. The molecule has 0 spiro atoms. The Bertz CT molecular complexity index is 623. The fourth-order valence-corrected chi connectivity index (χ4v) is 4.49. The fourth-order valence-electron chi connectivity index (χ4n) is 2.64. The molecule has 7 heteroatoms. The van der Waals surface area contributed by atoms with Crippen molar-refractivity contribution in [2.24, 2.45) is 0 Å². The molecule has 1 fully saturated rings. The first-order valence-corrected chi connectivity index (χ1v) is 9.72. The molecule has 1 amide bonds. The predicted octanol–water partition coefficient (Wildman–Crippen LogP) is 1.78. The molecule has 5 nitrogen and oxygen atoms in total. The Balaban J connectivity index is 1.98. The van der Waals surface area contributed by atoms with Crippen LogP contribution in [-0.2, 0) is 14.6 Å². The van der Waals surface area contributed by atoms with Crippen LogP contribution in [0.3, 0.4) is 0 Å². The lowest BCUT2D eigenvalue weighted by Gasteiger charge is -2.37. The van der Waals surface area contributed by atoms with Crippen molar-refractivity contribution in [2.45, 2.75) is 24.8 Å². The van der Waals surface area contributed by atoms with E-state index in [0.29, 0.717) is 18.0 Å². The normalized spacial score (nSPS) is 18.2. The topological polar surface area (TPSA) is 57.7 Å². The zero-order valence-corrected chi connectivity index (χ0v) is 15.2. The number of hydrogen-bond acceptors (Lipinski definition) is 4. The molecule has 22 heavy (non-hydrogen) atoms. The van der Waals surface area contributed by atoms with Crippen LogP contribution in [0.15, 0.2) is 33.6 Å². The average molecular weight is 389 g/mol. The lowest BCUT2D eigenvalue weighted by molar-refractivity contribution is -0.130. The molecule has 1 unspecified atom stereocenters. The van der Waals surface area contributed by atoms with Gasteiger partial charge in [0.1, 0.15) is 0 Å². The number of benzene rings is 1.